The van der Waals surface area contributed by atoms with Crippen LogP contribution in [0.5, 0.6) is 0 Å². The molecule has 0 radical (unpaired) electrons. The lowest BCUT2D eigenvalue weighted by Crippen LogP contribution is -2.40. The van der Waals surface area contributed by atoms with Gasteiger partial charge in [-0.1, -0.05) is 20.8 Å². The van der Waals surface area contributed by atoms with Gasteiger partial charge in [0, 0.05) is 25.6 Å². The zero-order chi connectivity index (χ0) is 19.4. The predicted octanol–water partition coefficient (Wildman–Crippen LogP) is 2.98. The summed E-state index contributed by atoms with van der Waals surface area (Å²) < 4.78 is 0. The SMILES string of the molecule is CCN(CC)C(=O)CN(C)C(=O)c1sc(NC(=O)C(C)(C)C)cc1C. The van der Waals surface area contributed by atoms with E-state index in [4.69, 9.17) is 0 Å². The molecule has 6 nitrogen and oxygen atoms in total. The Balaban J connectivity index is 2.85. The summed E-state index contributed by atoms with van der Waals surface area (Å²) in [6.07, 6.45) is 0. The standard InChI is InChI=1S/C18H29N3O3S/c1-8-21(9-2)14(22)11-20(7)16(23)15-12(3)10-13(25-15)19-17(24)18(4,5)6/h10H,8-9,11H2,1-7H3,(H,19,24). The minimum atomic E-state index is -0.505. The molecule has 0 aromatic carbocycles. The van der Waals surface area contributed by atoms with Gasteiger partial charge in [0.05, 0.1) is 16.4 Å². The van der Waals surface area contributed by atoms with Crippen LogP contribution in [-0.4, -0.2) is 54.2 Å². The van der Waals surface area contributed by atoms with Gasteiger partial charge in [-0.2, -0.15) is 0 Å². The van der Waals surface area contributed by atoms with E-state index in [1.807, 2.05) is 41.5 Å². The number of hydrogen-bond acceptors (Lipinski definition) is 4. The number of anilines is 1. The van der Waals surface area contributed by atoms with Gasteiger partial charge in [-0.15, -0.1) is 11.3 Å². The van der Waals surface area contributed by atoms with Gasteiger partial charge in [-0.25, -0.2) is 0 Å². The summed E-state index contributed by atoms with van der Waals surface area (Å²) in [6, 6.07) is 1.79. The molecular formula is C18H29N3O3S. The van der Waals surface area contributed by atoms with E-state index in [9.17, 15) is 14.4 Å². The number of carbonyl (C=O) groups is 3. The molecule has 0 saturated heterocycles. The maximum absolute atomic E-state index is 12.6. The summed E-state index contributed by atoms with van der Waals surface area (Å²) in [5.74, 6) is -0.381. The monoisotopic (exact) mass is 367 g/mol. The minimum absolute atomic E-state index is 0.0432. The first-order valence-corrected chi connectivity index (χ1v) is 9.28. The molecule has 7 heteroatoms. The third-order valence-electron chi connectivity index (χ3n) is 3.87. The van der Waals surface area contributed by atoms with E-state index >= 15 is 0 Å². The van der Waals surface area contributed by atoms with Gasteiger partial charge >= 0.3 is 0 Å². The third kappa shape index (κ3) is 5.56. The second kappa shape index (κ2) is 8.47. The van der Waals surface area contributed by atoms with Crippen molar-refractivity contribution in [1.29, 1.82) is 0 Å². The van der Waals surface area contributed by atoms with Crippen LogP contribution in [0, 0.1) is 12.3 Å². The van der Waals surface area contributed by atoms with Crippen molar-refractivity contribution in [3.8, 4) is 0 Å². The summed E-state index contributed by atoms with van der Waals surface area (Å²) in [6.45, 7) is 12.5. The number of nitrogens with one attached hydrogen (secondary N) is 1. The molecule has 1 aromatic rings. The molecule has 0 spiro atoms. The number of hydrogen-bond donors (Lipinski definition) is 1. The van der Waals surface area contributed by atoms with Gasteiger partial charge < -0.3 is 15.1 Å². The van der Waals surface area contributed by atoms with Crippen LogP contribution in [0.15, 0.2) is 6.07 Å². The first-order valence-electron chi connectivity index (χ1n) is 8.46. The van der Waals surface area contributed by atoms with Crippen molar-refractivity contribution in [2.75, 3.05) is 32.0 Å². The molecule has 3 amide bonds. The van der Waals surface area contributed by atoms with Gasteiger partial charge in [0.1, 0.15) is 0 Å². The van der Waals surface area contributed by atoms with Crippen LogP contribution in [0.1, 0.15) is 49.9 Å². The highest BCUT2D eigenvalue weighted by atomic mass is 32.1. The van der Waals surface area contributed by atoms with Gasteiger partial charge in [-0.3, -0.25) is 14.4 Å². The van der Waals surface area contributed by atoms with Gasteiger partial charge in [0.25, 0.3) is 5.91 Å². The van der Waals surface area contributed by atoms with Crippen LogP contribution in [0.4, 0.5) is 5.00 Å². The van der Waals surface area contributed by atoms with Crippen molar-refractivity contribution in [2.24, 2.45) is 5.41 Å². The van der Waals surface area contributed by atoms with Crippen LogP contribution < -0.4 is 5.32 Å². The minimum Gasteiger partial charge on any atom is -0.342 e. The Bertz CT molecular complexity index is 642. The Morgan fingerprint density at radius 2 is 1.72 bits per heavy atom. The van der Waals surface area contributed by atoms with E-state index in [0.29, 0.717) is 23.0 Å². The van der Waals surface area contributed by atoms with Crippen molar-refractivity contribution < 1.29 is 14.4 Å². The lowest BCUT2D eigenvalue weighted by atomic mass is 9.96. The van der Waals surface area contributed by atoms with Gasteiger partial charge in [0.2, 0.25) is 11.8 Å². The topological polar surface area (TPSA) is 69.7 Å². The molecule has 0 unspecified atom stereocenters. The molecule has 1 N–H and O–H groups in total. The average Bonchev–Trinajstić information content (AvgIpc) is 2.87. The highest BCUT2D eigenvalue weighted by Gasteiger charge is 2.24. The van der Waals surface area contributed by atoms with Gasteiger partial charge in [0.15, 0.2) is 0 Å². The number of thiophene rings is 1. The van der Waals surface area contributed by atoms with Crippen LogP contribution >= 0.6 is 11.3 Å². The van der Waals surface area contributed by atoms with Crippen LogP contribution in [0.2, 0.25) is 0 Å². The number of rotatable bonds is 6. The third-order valence-corrected chi connectivity index (χ3v) is 5.01. The Hall–Kier alpha value is -1.89. The fraction of sp³-hybridized carbons (Fsp3) is 0.611. The van der Waals surface area contributed by atoms with Crippen molar-refractivity contribution >= 4 is 34.1 Å². The highest BCUT2D eigenvalue weighted by molar-refractivity contribution is 7.18. The molecule has 0 aliphatic heterocycles. The van der Waals surface area contributed by atoms with E-state index in [2.05, 4.69) is 5.32 Å². The highest BCUT2D eigenvalue weighted by Crippen LogP contribution is 2.29. The molecule has 1 aromatic heterocycles. The van der Waals surface area contributed by atoms with Crippen molar-refractivity contribution in [2.45, 2.75) is 41.5 Å². The second-order valence-corrected chi connectivity index (χ2v) is 8.11. The molecule has 25 heavy (non-hydrogen) atoms. The zero-order valence-corrected chi connectivity index (χ0v) is 17.0. The largest absolute Gasteiger partial charge is 0.342 e. The fourth-order valence-corrected chi connectivity index (χ4v) is 3.24. The predicted molar refractivity (Wildman–Crippen MR) is 102 cm³/mol. The van der Waals surface area contributed by atoms with E-state index in [0.717, 1.165) is 5.56 Å². The van der Waals surface area contributed by atoms with Crippen molar-refractivity contribution in [1.82, 2.24) is 9.80 Å². The quantitative estimate of drug-likeness (QED) is 0.840. The Kier molecular flexibility index (Phi) is 7.17. The maximum atomic E-state index is 12.6. The van der Waals surface area contributed by atoms with Crippen molar-refractivity contribution in [3.05, 3.63) is 16.5 Å². The number of nitrogens with zero attached hydrogens (tertiary/aromatic N) is 2. The average molecular weight is 368 g/mol. The second-order valence-electron chi connectivity index (χ2n) is 7.05. The summed E-state index contributed by atoms with van der Waals surface area (Å²) in [5, 5.41) is 3.49. The summed E-state index contributed by atoms with van der Waals surface area (Å²) in [5.41, 5.74) is 0.288. The Morgan fingerprint density at radius 3 is 2.20 bits per heavy atom. The van der Waals surface area contributed by atoms with Crippen LogP contribution in [0.3, 0.4) is 0 Å². The maximum Gasteiger partial charge on any atom is 0.264 e. The van der Waals surface area contributed by atoms with Crippen LogP contribution in [-0.2, 0) is 9.59 Å². The molecule has 0 bridgehead atoms. The molecular weight excluding hydrogens is 338 g/mol. The molecule has 0 aliphatic carbocycles. The lowest BCUT2D eigenvalue weighted by Gasteiger charge is -2.23. The summed E-state index contributed by atoms with van der Waals surface area (Å²) in [7, 11) is 1.62. The van der Waals surface area contributed by atoms with E-state index in [-0.39, 0.29) is 24.3 Å². The summed E-state index contributed by atoms with van der Waals surface area (Å²) >= 11 is 1.24. The first-order chi connectivity index (χ1) is 11.5. The van der Waals surface area contributed by atoms with Gasteiger partial charge in [-0.05, 0) is 32.4 Å². The van der Waals surface area contributed by atoms with E-state index in [1.165, 1.54) is 16.2 Å². The van der Waals surface area contributed by atoms with Crippen molar-refractivity contribution in [3.63, 3.8) is 0 Å². The number of amides is 3. The lowest BCUT2D eigenvalue weighted by molar-refractivity contribution is -0.131. The number of aryl methyl sites for hydroxylation is 1. The molecule has 140 valence electrons. The number of likely N-dealkylation sites (N-methyl/N-ethyl adjacent to an activating group) is 2. The first kappa shape index (κ1) is 21.2. The molecule has 1 heterocycles. The molecule has 0 atom stereocenters. The summed E-state index contributed by atoms with van der Waals surface area (Å²) in [4.78, 5) is 40.6. The smallest absolute Gasteiger partial charge is 0.264 e. The Morgan fingerprint density at radius 1 is 1.16 bits per heavy atom. The van der Waals surface area contributed by atoms with E-state index < -0.39 is 5.41 Å². The molecule has 1 rings (SSSR count). The normalized spacial score (nSPS) is 11.2. The molecule has 0 saturated carbocycles. The molecule has 0 fully saturated rings. The molecule has 0 aliphatic rings. The van der Waals surface area contributed by atoms with E-state index in [1.54, 1.807) is 18.0 Å². The zero-order valence-electron chi connectivity index (χ0n) is 16.2. The van der Waals surface area contributed by atoms with Crippen LogP contribution in [0.25, 0.3) is 0 Å². The number of carbonyl (C=O) groups excluding carboxylic acids is 3. The Labute approximate surface area is 154 Å². The fourth-order valence-electron chi connectivity index (χ4n) is 2.18.